The van der Waals surface area contributed by atoms with E-state index in [4.69, 9.17) is 11.5 Å². The molecule has 0 bridgehead atoms. The average Bonchev–Trinajstić information content (AvgIpc) is 2.43. The fourth-order valence-electron chi connectivity index (χ4n) is 1.41. The smallest absolute Gasteiger partial charge is 0.136 e. The normalized spacial score (nSPS) is 11.6. The van der Waals surface area contributed by atoms with Gasteiger partial charge >= 0.3 is 0 Å². The Morgan fingerprint density at radius 2 is 1.56 bits per heavy atom. The Bertz CT molecular complexity index is 156. The molecule has 0 spiro atoms. The first-order valence-electron chi connectivity index (χ1n) is 7.14. The molecule has 0 aliphatic carbocycles. The highest BCUT2D eigenvalue weighted by Gasteiger charge is 2.04. The molecule has 1 atom stereocenters. The van der Waals surface area contributed by atoms with Gasteiger partial charge in [-0.1, -0.05) is 13.8 Å². The van der Waals surface area contributed by atoms with Crippen LogP contribution in [0.25, 0.3) is 0 Å². The van der Waals surface area contributed by atoms with E-state index >= 15 is 0 Å². The molecule has 1 unspecified atom stereocenters. The van der Waals surface area contributed by atoms with Crippen LogP contribution in [-0.4, -0.2) is 45.1 Å². The van der Waals surface area contributed by atoms with Crippen LogP contribution in [0.3, 0.4) is 0 Å². The zero-order chi connectivity index (χ0) is 14.1. The molecule has 0 amide bonds. The van der Waals surface area contributed by atoms with Gasteiger partial charge in [0.25, 0.3) is 0 Å². The van der Waals surface area contributed by atoms with Gasteiger partial charge in [0, 0.05) is 0 Å². The van der Waals surface area contributed by atoms with Gasteiger partial charge in [-0.3, -0.25) is 0 Å². The SMILES string of the molecule is CC.NCCCNCCCC(C=O)NCCCN. The maximum atomic E-state index is 10.7. The summed E-state index contributed by atoms with van der Waals surface area (Å²) in [5, 5.41) is 6.47. The van der Waals surface area contributed by atoms with Crippen LogP contribution in [0, 0.1) is 0 Å². The number of nitrogens with one attached hydrogen (secondary N) is 2. The van der Waals surface area contributed by atoms with Gasteiger partial charge in [-0.2, -0.15) is 0 Å². The molecule has 0 aliphatic heterocycles. The number of carbonyl (C=O) groups excluding carboxylic acids is 1. The Morgan fingerprint density at radius 3 is 2.11 bits per heavy atom. The second kappa shape index (κ2) is 18.9. The predicted molar refractivity (Wildman–Crippen MR) is 78.6 cm³/mol. The summed E-state index contributed by atoms with van der Waals surface area (Å²) in [6.07, 6.45) is 4.79. The lowest BCUT2D eigenvalue weighted by Crippen LogP contribution is -2.33. The van der Waals surface area contributed by atoms with Crippen LogP contribution in [0.1, 0.15) is 39.5 Å². The van der Waals surface area contributed by atoms with Crippen molar-refractivity contribution in [1.29, 1.82) is 0 Å². The molecule has 0 aromatic carbocycles. The molecule has 0 saturated heterocycles. The largest absolute Gasteiger partial charge is 0.330 e. The van der Waals surface area contributed by atoms with Crippen molar-refractivity contribution in [3.63, 3.8) is 0 Å². The van der Waals surface area contributed by atoms with E-state index < -0.39 is 0 Å². The first kappa shape index (κ1) is 19.8. The van der Waals surface area contributed by atoms with Crippen LogP contribution >= 0.6 is 0 Å². The molecule has 0 heterocycles. The lowest BCUT2D eigenvalue weighted by atomic mass is 10.1. The van der Waals surface area contributed by atoms with Gasteiger partial charge in [0.05, 0.1) is 6.04 Å². The summed E-state index contributed by atoms with van der Waals surface area (Å²) >= 11 is 0. The highest BCUT2D eigenvalue weighted by molar-refractivity contribution is 5.57. The van der Waals surface area contributed by atoms with Crippen molar-refractivity contribution in [3.8, 4) is 0 Å². The Kier molecular flexibility index (Phi) is 20.8. The van der Waals surface area contributed by atoms with Crippen molar-refractivity contribution < 1.29 is 4.79 Å². The van der Waals surface area contributed by atoms with Crippen molar-refractivity contribution in [2.45, 2.75) is 45.6 Å². The van der Waals surface area contributed by atoms with E-state index in [2.05, 4.69) is 10.6 Å². The average molecular weight is 260 g/mol. The molecule has 0 aromatic heterocycles. The third-order valence-electron chi connectivity index (χ3n) is 2.38. The van der Waals surface area contributed by atoms with E-state index in [0.717, 1.165) is 58.1 Å². The first-order chi connectivity index (χ1) is 8.85. The quantitative estimate of drug-likeness (QED) is 0.298. The minimum Gasteiger partial charge on any atom is -0.330 e. The van der Waals surface area contributed by atoms with Gasteiger partial charge in [-0.05, 0) is 58.4 Å². The van der Waals surface area contributed by atoms with Crippen LogP contribution in [-0.2, 0) is 4.79 Å². The summed E-state index contributed by atoms with van der Waals surface area (Å²) < 4.78 is 0. The maximum Gasteiger partial charge on any atom is 0.136 e. The summed E-state index contributed by atoms with van der Waals surface area (Å²) in [5.41, 5.74) is 10.8. The summed E-state index contributed by atoms with van der Waals surface area (Å²) in [7, 11) is 0. The van der Waals surface area contributed by atoms with Gasteiger partial charge in [-0.25, -0.2) is 0 Å². The maximum absolute atomic E-state index is 10.7. The zero-order valence-corrected chi connectivity index (χ0v) is 12.1. The van der Waals surface area contributed by atoms with Crippen LogP contribution < -0.4 is 22.1 Å². The summed E-state index contributed by atoms with van der Waals surface area (Å²) in [6, 6.07) is -0.0251. The predicted octanol–water partition coefficient (Wildman–Crippen LogP) is 0.237. The molecular weight excluding hydrogens is 228 g/mol. The number of rotatable bonds is 12. The van der Waals surface area contributed by atoms with Crippen LogP contribution in [0.15, 0.2) is 0 Å². The number of aldehydes is 1. The number of hydrogen-bond acceptors (Lipinski definition) is 5. The minimum absolute atomic E-state index is 0.0251. The Labute approximate surface area is 112 Å². The standard InChI is InChI=1S/C11H26N4O.C2H6/c12-5-2-8-14-7-1-4-11(10-16)15-9-3-6-13;1-2/h10-11,14-15H,1-9,12-13H2;1-2H3. The molecule has 5 heteroatoms. The number of hydrogen-bond donors (Lipinski definition) is 4. The van der Waals surface area contributed by atoms with Gasteiger partial charge < -0.3 is 26.9 Å². The molecule has 0 aromatic rings. The first-order valence-corrected chi connectivity index (χ1v) is 7.14. The third-order valence-corrected chi connectivity index (χ3v) is 2.38. The van der Waals surface area contributed by atoms with E-state index in [1.165, 1.54) is 0 Å². The molecule has 0 aliphatic rings. The van der Waals surface area contributed by atoms with E-state index in [1.54, 1.807) is 0 Å². The van der Waals surface area contributed by atoms with Crippen LogP contribution in [0.4, 0.5) is 0 Å². The molecule has 0 rings (SSSR count). The van der Waals surface area contributed by atoms with E-state index in [1.807, 2.05) is 13.8 Å². The molecule has 6 N–H and O–H groups in total. The zero-order valence-electron chi connectivity index (χ0n) is 12.1. The molecule has 18 heavy (non-hydrogen) atoms. The van der Waals surface area contributed by atoms with E-state index in [0.29, 0.717) is 6.54 Å². The van der Waals surface area contributed by atoms with Crippen molar-refractivity contribution in [2.75, 3.05) is 32.7 Å². The van der Waals surface area contributed by atoms with Crippen molar-refractivity contribution in [2.24, 2.45) is 11.5 Å². The van der Waals surface area contributed by atoms with Crippen molar-refractivity contribution >= 4 is 6.29 Å². The third kappa shape index (κ3) is 15.5. The highest BCUT2D eigenvalue weighted by Crippen LogP contribution is 1.93. The highest BCUT2D eigenvalue weighted by atomic mass is 16.1. The second-order valence-corrected chi connectivity index (χ2v) is 3.87. The monoisotopic (exact) mass is 260 g/mol. The number of carbonyl (C=O) groups is 1. The Balaban J connectivity index is 0. The topological polar surface area (TPSA) is 93.2 Å². The molecule has 0 radical (unpaired) electrons. The fourth-order valence-corrected chi connectivity index (χ4v) is 1.41. The molecule has 110 valence electrons. The number of nitrogens with two attached hydrogens (primary N) is 2. The van der Waals surface area contributed by atoms with Crippen LogP contribution in [0.5, 0.6) is 0 Å². The van der Waals surface area contributed by atoms with Crippen molar-refractivity contribution in [1.82, 2.24) is 10.6 Å². The summed E-state index contributed by atoms with van der Waals surface area (Å²) in [5.74, 6) is 0. The van der Waals surface area contributed by atoms with Gasteiger partial charge in [0.1, 0.15) is 6.29 Å². The Hall–Kier alpha value is -0.490. The van der Waals surface area contributed by atoms with E-state index in [-0.39, 0.29) is 6.04 Å². The Morgan fingerprint density at radius 1 is 1.00 bits per heavy atom. The molecule has 0 fully saturated rings. The lowest BCUT2D eigenvalue weighted by molar-refractivity contribution is -0.109. The van der Waals surface area contributed by atoms with Crippen molar-refractivity contribution in [3.05, 3.63) is 0 Å². The molecular formula is C13H32N4O. The molecule has 0 saturated carbocycles. The van der Waals surface area contributed by atoms with Crippen LogP contribution in [0.2, 0.25) is 0 Å². The molecule has 5 nitrogen and oxygen atoms in total. The summed E-state index contributed by atoms with van der Waals surface area (Å²) in [6.45, 7) is 8.12. The van der Waals surface area contributed by atoms with E-state index in [9.17, 15) is 4.79 Å². The lowest BCUT2D eigenvalue weighted by Gasteiger charge is -2.12. The fraction of sp³-hybridized carbons (Fsp3) is 0.923. The summed E-state index contributed by atoms with van der Waals surface area (Å²) in [4.78, 5) is 10.7. The van der Waals surface area contributed by atoms with Gasteiger partial charge in [-0.15, -0.1) is 0 Å². The van der Waals surface area contributed by atoms with Gasteiger partial charge in [0.15, 0.2) is 0 Å². The second-order valence-electron chi connectivity index (χ2n) is 3.87. The van der Waals surface area contributed by atoms with Gasteiger partial charge in [0.2, 0.25) is 0 Å². The minimum atomic E-state index is -0.0251.